The molecule has 0 spiro atoms. The molecule has 5 aromatic rings. The first-order valence-electron chi connectivity index (χ1n) is 9.64. The van der Waals surface area contributed by atoms with Gasteiger partial charge in [0.15, 0.2) is 16.5 Å². The van der Waals surface area contributed by atoms with E-state index in [0.29, 0.717) is 28.3 Å². The number of aromatic nitrogens is 1. The van der Waals surface area contributed by atoms with Gasteiger partial charge in [-0.15, -0.1) is 0 Å². The molecule has 0 aliphatic rings. The first kappa shape index (κ1) is 19.0. The molecule has 3 aromatic carbocycles. The highest BCUT2D eigenvalue weighted by molar-refractivity contribution is 7.80. The van der Waals surface area contributed by atoms with Gasteiger partial charge in [-0.2, -0.15) is 0 Å². The number of anilines is 1. The highest BCUT2D eigenvalue weighted by atomic mass is 32.1. The molecule has 5 rings (SSSR count). The quantitative estimate of drug-likeness (QED) is 0.361. The van der Waals surface area contributed by atoms with Gasteiger partial charge in [0, 0.05) is 16.6 Å². The standard InChI is InChI=1S/C24H17N3O3S/c1-14-6-8-15(9-7-14)23-26-18-13-17(10-11-20(18)30-23)25-24(31)27-22(28)21-12-16-4-2-3-5-19(16)29-21/h2-13H,1H3,(H2,25,27,28,31). The van der Waals surface area contributed by atoms with Crippen LogP contribution in [0.4, 0.5) is 5.69 Å². The van der Waals surface area contributed by atoms with E-state index in [1.807, 2.05) is 67.6 Å². The number of carbonyl (C=O) groups is 1. The van der Waals surface area contributed by atoms with Crippen molar-refractivity contribution < 1.29 is 13.6 Å². The number of aryl methyl sites for hydroxylation is 1. The second-order valence-corrected chi connectivity index (χ2v) is 7.53. The molecule has 0 fully saturated rings. The molecular weight excluding hydrogens is 410 g/mol. The number of carbonyl (C=O) groups excluding carboxylic acids is 1. The Morgan fingerprint density at radius 1 is 0.935 bits per heavy atom. The van der Waals surface area contributed by atoms with Crippen molar-refractivity contribution in [2.24, 2.45) is 0 Å². The minimum Gasteiger partial charge on any atom is -0.451 e. The van der Waals surface area contributed by atoms with Crippen LogP contribution in [0.25, 0.3) is 33.5 Å². The highest BCUT2D eigenvalue weighted by Crippen LogP contribution is 2.26. The molecule has 0 atom stereocenters. The summed E-state index contributed by atoms with van der Waals surface area (Å²) in [5.74, 6) is 0.325. The third kappa shape index (κ3) is 3.91. The predicted octanol–water partition coefficient (Wildman–Crippen LogP) is 5.68. The lowest BCUT2D eigenvalue weighted by Gasteiger charge is -2.08. The summed E-state index contributed by atoms with van der Waals surface area (Å²) in [5.41, 5.74) is 4.76. The van der Waals surface area contributed by atoms with Gasteiger partial charge >= 0.3 is 0 Å². The number of benzene rings is 3. The van der Waals surface area contributed by atoms with Crippen LogP contribution in [-0.4, -0.2) is 16.0 Å². The molecule has 0 saturated heterocycles. The number of amides is 1. The average molecular weight is 427 g/mol. The summed E-state index contributed by atoms with van der Waals surface area (Å²) in [6.45, 7) is 2.03. The number of nitrogens with one attached hydrogen (secondary N) is 2. The number of furan rings is 1. The topological polar surface area (TPSA) is 80.3 Å². The second-order valence-electron chi connectivity index (χ2n) is 7.12. The second kappa shape index (κ2) is 7.70. The van der Waals surface area contributed by atoms with E-state index in [0.717, 1.165) is 10.9 Å². The Kier molecular flexibility index (Phi) is 4.72. The van der Waals surface area contributed by atoms with E-state index in [2.05, 4.69) is 15.6 Å². The molecule has 2 aromatic heterocycles. The molecule has 7 heteroatoms. The van der Waals surface area contributed by atoms with Crippen LogP contribution in [0.1, 0.15) is 16.1 Å². The highest BCUT2D eigenvalue weighted by Gasteiger charge is 2.14. The van der Waals surface area contributed by atoms with Gasteiger partial charge in [0.1, 0.15) is 11.1 Å². The lowest BCUT2D eigenvalue weighted by Crippen LogP contribution is -2.33. The number of fused-ring (bicyclic) bond motifs is 2. The van der Waals surface area contributed by atoms with Crippen molar-refractivity contribution in [2.45, 2.75) is 6.92 Å². The van der Waals surface area contributed by atoms with Crippen LogP contribution in [0.3, 0.4) is 0 Å². The van der Waals surface area contributed by atoms with E-state index in [9.17, 15) is 4.79 Å². The van der Waals surface area contributed by atoms with E-state index < -0.39 is 5.91 Å². The van der Waals surface area contributed by atoms with Crippen molar-refractivity contribution in [1.29, 1.82) is 0 Å². The monoisotopic (exact) mass is 427 g/mol. The van der Waals surface area contributed by atoms with Gasteiger partial charge in [-0.3, -0.25) is 10.1 Å². The first-order chi connectivity index (χ1) is 15.0. The van der Waals surface area contributed by atoms with Crippen LogP contribution < -0.4 is 10.6 Å². The maximum absolute atomic E-state index is 12.5. The Bertz CT molecular complexity index is 1400. The Morgan fingerprint density at radius 2 is 1.74 bits per heavy atom. The van der Waals surface area contributed by atoms with Crippen LogP contribution >= 0.6 is 12.2 Å². The summed E-state index contributed by atoms with van der Waals surface area (Å²) in [7, 11) is 0. The number of thiocarbonyl (C=S) groups is 1. The van der Waals surface area contributed by atoms with Gasteiger partial charge in [-0.25, -0.2) is 4.98 Å². The number of rotatable bonds is 3. The Balaban J connectivity index is 1.30. The Morgan fingerprint density at radius 3 is 2.55 bits per heavy atom. The zero-order valence-corrected chi connectivity index (χ0v) is 17.3. The number of oxazole rings is 1. The van der Waals surface area contributed by atoms with Gasteiger partial charge in [0.25, 0.3) is 5.91 Å². The van der Waals surface area contributed by atoms with Gasteiger partial charge in [-0.05, 0) is 61.6 Å². The summed E-state index contributed by atoms with van der Waals surface area (Å²) in [5, 5.41) is 6.65. The molecule has 2 heterocycles. The number of para-hydroxylation sites is 1. The fraction of sp³-hybridized carbons (Fsp3) is 0.0417. The zero-order chi connectivity index (χ0) is 21.4. The summed E-state index contributed by atoms with van der Waals surface area (Å²) in [6, 6.07) is 22.5. The van der Waals surface area contributed by atoms with Crippen molar-refractivity contribution in [3.8, 4) is 11.5 Å². The molecular formula is C24H17N3O3S. The van der Waals surface area contributed by atoms with Crippen molar-refractivity contribution in [2.75, 3.05) is 5.32 Å². The van der Waals surface area contributed by atoms with Gasteiger partial charge in [-0.1, -0.05) is 35.9 Å². The first-order valence-corrected chi connectivity index (χ1v) is 10.0. The fourth-order valence-electron chi connectivity index (χ4n) is 3.25. The Hall–Kier alpha value is -3.97. The molecule has 0 radical (unpaired) electrons. The molecule has 6 nitrogen and oxygen atoms in total. The van der Waals surface area contributed by atoms with Crippen molar-refractivity contribution in [3.05, 3.63) is 84.1 Å². The molecule has 0 aliphatic heterocycles. The molecule has 1 amide bonds. The van der Waals surface area contributed by atoms with E-state index in [1.165, 1.54) is 5.56 Å². The largest absolute Gasteiger partial charge is 0.451 e. The lowest BCUT2D eigenvalue weighted by atomic mass is 10.1. The fourth-order valence-corrected chi connectivity index (χ4v) is 3.46. The van der Waals surface area contributed by atoms with E-state index in [4.69, 9.17) is 21.1 Å². The minimum atomic E-state index is -0.419. The van der Waals surface area contributed by atoms with Crippen molar-refractivity contribution in [1.82, 2.24) is 10.3 Å². The molecule has 152 valence electrons. The van der Waals surface area contributed by atoms with Crippen molar-refractivity contribution in [3.63, 3.8) is 0 Å². The van der Waals surface area contributed by atoms with Gasteiger partial charge < -0.3 is 14.2 Å². The molecule has 0 unspecified atom stereocenters. The zero-order valence-electron chi connectivity index (χ0n) is 16.5. The number of hydrogen-bond acceptors (Lipinski definition) is 5. The van der Waals surface area contributed by atoms with Gasteiger partial charge in [0.2, 0.25) is 5.89 Å². The molecule has 0 aliphatic carbocycles. The van der Waals surface area contributed by atoms with E-state index >= 15 is 0 Å². The normalized spacial score (nSPS) is 11.0. The van der Waals surface area contributed by atoms with Crippen LogP contribution in [0.15, 0.2) is 81.6 Å². The number of hydrogen-bond donors (Lipinski definition) is 2. The molecule has 0 saturated carbocycles. The summed E-state index contributed by atoms with van der Waals surface area (Å²) < 4.78 is 11.4. The van der Waals surface area contributed by atoms with Crippen molar-refractivity contribution >= 4 is 51.0 Å². The maximum Gasteiger partial charge on any atom is 0.293 e. The minimum absolute atomic E-state index is 0.159. The van der Waals surface area contributed by atoms with Crippen LogP contribution in [-0.2, 0) is 0 Å². The molecule has 31 heavy (non-hydrogen) atoms. The third-order valence-corrected chi connectivity index (χ3v) is 5.02. The van der Waals surface area contributed by atoms with E-state index in [1.54, 1.807) is 12.1 Å². The van der Waals surface area contributed by atoms with E-state index in [-0.39, 0.29) is 10.9 Å². The summed E-state index contributed by atoms with van der Waals surface area (Å²) >= 11 is 5.28. The smallest absolute Gasteiger partial charge is 0.293 e. The molecule has 0 bridgehead atoms. The number of nitrogens with zero attached hydrogens (tertiary/aromatic N) is 1. The average Bonchev–Trinajstić information content (AvgIpc) is 3.38. The van der Waals surface area contributed by atoms with Gasteiger partial charge in [0.05, 0.1) is 0 Å². The molecule has 2 N–H and O–H groups in total. The van der Waals surface area contributed by atoms with Crippen LogP contribution in [0.5, 0.6) is 0 Å². The maximum atomic E-state index is 12.5. The Labute approximate surface area is 182 Å². The summed E-state index contributed by atoms with van der Waals surface area (Å²) in [4.78, 5) is 17.0. The van der Waals surface area contributed by atoms with Crippen LogP contribution in [0, 0.1) is 6.92 Å². The van der Waals surface area contributed by atoms with Crippen LogP contribution in [0.2, 0.25) is 0 Å². The third-order valence-electron chi connectivity index (χ3n) is 4.82. The summed E-state index contributed by atoms with van der Waals surface area (Å²) in [6.07, 6.45) is 0. The SMILES string of the molecule is Cc1ccc(-c2nc3cc(NC(=S)NC(=O)c4cc5ccccc5o4)ccc3o2)cc1. The lowest BCUT2D eigenvalue weighted by molar-refractivity contribution is 0.0953. The predicted molar refractivity (Wildman–Crippen MR) is 124 cm³/mol.